The summed E-state index contributed by atoms with van der Waals surface area (Å²) in [5.41, 5.74) is 0. The fraction of sp³-hybridized carbons (Fsp3) is 0.824. The van der Waals surface area contributed by atoms with Gasteiger partial charge in [-0.1, -0.05) is 261 Å². The summed E-state index contributed by atoms with van der Waals surface area (Å²) in [6, 6.07) is -0.835. The largest absolute Gasteiger partial charge is 0.466 e. The van der Waals surface area contributed by atoms with Crippen molar-refractivity contribution in [1.82, 2.24) is 5.32 Å². The maximum absolute atomic E-state index is 13.0. The second-order valence-electron chi connectivity index (χ2n) is 22.8. The molecule has 0 radical (unpaired) electrons. The number of carbonyl (C=O) groups excluding carboxylic acids is 2. The Kier molecular flexibility index (Phi) is 53.8. The molecule has 0 saturated carbocycles. The van der Waals surface area contributed by atoms with Gasteiger partial charge < -0.3 is 45.1 Å². The summed E-state index contributed by atoms with van der Waals surface area (Å²) in [5, 5.41) is 54.2. The first-order valence-electron chi connectivity index (χ1n) is 33.1. The molecule has 460 valence electrons. The van der Waals surface area contributed by atoms with Gasteiger partial charge in [-0.15, -0.1) is 0 Å². The summed E-state index contributed by atoms with van der Waals surface area (Å²) in [5.74, 6) is -0.197. The molecular formula is C68H123NO10. The fourth-order valence-corrected chi connectivity index (χ4v) is 10.2. The van der Waals surface area contributed by atoms with Crippen molar-refractivity contribution in [3.05, 3.63) is 60.8 Å². The van der Waals surface area contributed by atoms with Crippen molar-refractivity contribution in [2.75, 3.05) is 19.8 Å². The number of rotatable bonds is 57. The van der Waals surface area contributed by atoms with Crippen molar-refractivity contribution in [3.8, 4) is 0 Å². The van der Waals surface area contributed by atoms with Crippen LogP contribution in [0, 0.1) is 0 Å². The van der Waals surface area contributed by atoms with Gasteiger partial charge in [0.2, 0.25) is 5.91 Å². The lowest BCUT2D eigenvalue weighted by Gasteiger charge is -2.40. The lowest BCUT2D eigenvalue weighted by atomic mass is 9.99. The zero-order chi connectivity index (χ0) is 57.3. The summed E-state index contributed by atoms with van der Waals surface area (Å²) in [7, 11) is 0. The van der Waals surface area contributed by atoms with E-state index in [-0.39, 0.29) is 18.5 Å². The van der Waals surface area contributed by atoms with Crippen LogP contribution in [0.25, 0.3) is 0 Å². The number of unbranched alkanes of at least 4 members (excludes halogenated alkanes) is 35. The topological polar surface area (TPSA) is 175 Å². The molecule has 7 atom stereocenters. The van der Waals surface area contributed by atoms with Gasteiger partial charge in [0.25, 0.3) is 0 Å². The van der Waals surface area contributed by atoms with Gasteiger partial charge in [0.1, 0.15) is 24.4 Å². The van der Waals surface area contributed by atoms with E-state index in [1.54, 1.807) is 6.08 Å². The first-order valence-corrected chi connectivity index (χ1v) is 33.1. The molecule has 0 spiro atoms. The molecule has 0 aromatic heterocycles. The monoisotopic (exact) mass is 1110 g/mol. The molecule has 0 bridgehead atoms. The molecule has 0 aromatic rings. The molecule has 0 aromatic carbocycles. The Morgan fingerprint density at radius 3 is 1.38 bits per heavy atom. The van der Waals surface area contributed by atoms with Gasteiger partial charge >= 0.3 is 5.97 Å². The van der Waals surface area contributed by atoms with Crippen LogP contribution in [0.15, 0.2) is 60.8 Å². The van der Waals surface area contributed by atoms with Crippen molar-refractivity contribution >= 4 is 11.9 Å². The van der Waals surface area contributed by atoms with E-state index in [1.807, 2.05) is 6.08 Å². The summed E-state index contributed by atoms with van der Waals surface area (Å²) in [6.45, 7) is 4.21. The Morgan fingerprint density at radius 2 is 0.899 bits per heavy atom. The average Bonchev–Trinajstić information content (AvgIpc) is 3.45. The van der Waals surface area contributed by atoms with Crippen LogP contribution in [0.1, 0.15) is 296 Å². The molecule has 11 nitrogen and oxygen atoms in total. The first-order chi connectivity index (χ1) is 38.7. The van der Waals surface area contributed by atoms with Crippen molar-refractivity contribution in [2.45, 2.75) is 339 Å². The van der Waals surface area contributed by atoms with Gasteiger partial charge in [0.15, 0.2) is 6.29 Å². The highest BCUT2D eigenvalue weighted by molar-refractivity contribution is 5.76. The van der Waals surface area contributed by atoms with Gasteiger partial charge in [-0.05, 0) is 83.5 Å². The third-order valence-corrected chi connectivity index (χ3v) is 15.3. The Bertz CT molecular complexity index is 1500. The second kappa shape index (κ2) is 57.2. The molecule has 1 fully saturated rings. The second-order valence-corrected chi connectivity index (χ2v) is 22.8. The van der Waals surface area contributed by atoms with Gasteiger partial charge in [-0.2, -0.15) is 0 Å². The SMILES string of the molecule is CC/C=C/CC/C=C/CC/C=C/C(O)C(COC1OC(CO)C(O)C(O)C1O)NC(=O)CCCCCCCCCCCCCCC/C=C\C/C=C\CCCCCCCCCCCOC(=O)CCCCCCCCCCCCCC. The lowest BCUT2D eigenvalue weighted by molar-refractivity contribution is -0.302. The molecule has 1 aliphatic heterocycles. The van der Waals surface area contributed by atoms with E-state index in [4.69, 9.17) is 14.2 Å². The number of carbonyl (C=O) groups is 2. The molecule has 0 aliphatic carbocycles. The van der Waals surface area contributed by atoms with Crippen LogP contribution in [0.2, 0.25) is 0 Å². The van der Waals surface area contributed by atoms with Crippen molar-refractivity contribution in [1.29, 1.82) is 0 Å². The van der Waals surface area contributed by atoms with Crippen LogP contribution in [0.4, 0.5) is 0 Å². The molecular weight excluding hydrogens is 991 g/mol. The first kappa shape index (κ1) is 74.4. The number of hydrogen-bond donors (Lipinski definition) is 6. The molecule has 1 aliphatic rings. The highest BCUT2D eigenvalue weighted by Crippen LogP contribution is 2.23. The summed E-state index contributed by atoms with van der Waals surface area (Å²) in [6.07, 6.45) is 65.0. The lowest BCUT2D eigenvalue weighted by Crippen LogP contribution is -2.60. The molecule has 1 saturated heterocycles. The molecule has 1 amide bonds. The van der Waals surface area contributed by atoms with E-state index in [0.717, 1.165) is 77.0 Å². The minimum absolute atomic E-state index is 0.00305. The van der Waals surface area contributed by atoms with E-state index >= 15 is 0 Å². The smallest absolute Gasteiger partial charge is 0.305 e. The van der Waals surface area contributed by atoms with E-state index in [9.17, 15) is 35.1 Å². The Hall–Kier alpha value is -2.64. The van der Waals surface area contributed by atoms with E-state index < -0.39 is 49.5 Å². The van der Waals surface area contributed by atoms with E-state index in [2.05, 4.69) is 67.8 Å². The minimum Gasteiger partial charge on any atom is -0.466 e. The third kappa shape index (κ3) is 46.5. The van der Waals surface area contributed by atoms with Crippen LogP contribution >= 0.6 is 0 Å². The molecule has 11 heteroatoms. The fourth-order valence-electron chi connectivity index (χ4n) is 10.2. The quantitative estimate of drug-likeness (QED) is 0.0195. The van der Waals surface area contributed by atoms with Crippen LogP contribution in [-0.4, -0.2) is 100 Å². The number of allylic oxidation sites excluding steroid dienone is 9. The number of nitrogens with one attached hydrogen (secondary N) is 1. The highest BCUT2D eigenvalue weighted by atomic mass is 16.7. The minimum atomic E-state index is -1.58. The molecule has 1 rings (SSSR count). The number of amides is 1. The molecule has 7 unspecified atom stereocenters. The average molecular weight is 1110 g/mol. The van der Waals surface area contributed by atoms with E-state index in [1.165, 1.54) is 193 Å². The zero-order valence-corrected chi connectivity index (χ0v) is 50.8. The summed E-state index contributed by atoms with van der Waals surface area (Å²) < 4.78 is 16.7. The van der Waals surface area contributed by atoms with Crippen molar-refractivity contribution < 1.29 is 49.3 Å². The van der Waals surface area contributed by atoms with Gasteiger partial charge in [-0.25, -0.2) is 0 Å². The van der Waals surface area contributed by atoms with Gasteiger partial charge in [0, 0.05) is 12.8 Å². The number of aliphatic hydroxyl groups excluding tert-OH is 5. The predicted octanol–water partition coefficient (Wildman–Crippen LogP) is 16.2. The standard InChI is InChI=1S/C68H123NO10/c1-3-5-7-9-11-13-15-36-40-44-48-52-56-64(73)77-57-53-49-45-41-37-34-32-30-28-26-24-22-20-18-16-17-19-21-23-25-27-29-31-33-35-39-43-47-51-55-63(72)69-60(59-78-68-67(76)66(75)65(74)62(58-70)79-68)61(71)54-50-46-42-38-14-12-10-8-6-4-2/h6,8,14,16,18,22,24,38,50,54,60-62,65-68,70-71,74-76H,3-5,7,9-13,15,17,19-21,23,25-37,39-49,51-53,55-59H2,1-2H3,(H,69,72)/b8-6+,18-16-,24-22-,38-14+,54-50+. The number of aliphatic hydroxyl groups is 5. The number of hydrogen-bond acceptors (Lipinski definition) is 10. The van der Waals surface area contributed by atoms with Crippen LogP contribution in [0.5, 0.6) is 0 Å². The van der Waals surface area contributed by atoms with Crippen LogP contribution in [0.3, 0.4) is 0 Å². The maximum atomic E-state index is 13.0. The number of esters is 1. The van der Waals surface area contributed by atoms with Crippen molar-refractivity contribution in [3.63, 3.8) is 0 Å². The third-order valence-electron chi connectivity index (χ3n) is 15.3. The van der Waals surface area contributed by atoms with Gasteiger partial charge in [0.05, 0.1) is 32.0 Å². The van der Waals surface area contributed by atoms with Crippen LogP contribution in [-0.2, 0) is 23.8 Å². The van der Waals surface area contributed by atoms with E-state index in [0.29, 0.717) is 19.4 Å². The predicted molar refractivity (Wildman–Crippen MR) is 329 cm³/mol. The highest BCUT2D eigenvalue weighted by Gasteiger charge is 2.44. The zero-order valence-electron chi connectivity index (χ0n) is 50.8. The summed E-state index contributed by atoms with van der Waals surface area (Å²) >= 11 is 0. The summed E-state index contributed by atoms with van der Waals surface area (Å²) in [4.78, 5) is 25.0. The normalized spacial score (nSPS) is 18.8. The molecule has 79 heavy (non-hydrogen) atoms. The van der Waals surface area contributed by atoms with Crippen molar-refractivity contribution in [2.24, 2.45) is 0 Å². The van der Waals surface area contributed by atoms with Crippen LogP contribution < -0.4 is 5.32 Å². The Balaban J connectivity index is 1.98. The van der Waals surface area contributed by atoms with Gasteiger partial charge in [-0.3, -0.25) is 9.59 Å². The Morgan fingerprint density at radius 1 is 0.481 bits per heavy atom. The maximum Gasteiger partial charge on any atom is 0.305 e. The number of ether oxygens (including phenoxy) is 3. The molecule has 1 heterocycles. The Labute approximate surface area is 484 Å². The molecule has 6 N–H and O–H groups in total.